The van der Waals surface area contributed by atoms with E-state index in [1.807, 2.05) is 47.4 Å². The predicted octanol–water partition coefficient (Wildman–Crippen LogP) is 2.94. The number of fused-ring (bicyclic) bond motifs is 1. The molecule has 0 aliphatic carbocycles. The van der Waals surface area contributed by atoms with Gasteiger partial charge in [0.15, 0.2) is 9.84 Å². The third-order valence-electron chi connectivity index (χ3n) is 5.55. The van der Waals surface area contributed by atoms with Crippen LogP contribution in [0.25, 0.3) is 0 Å². The second kappa shape index (κ2) is 10.0. The van der Waals surface area contributed by atoms with Crippen molar-refractivity contribution in [2.75, 3.05) is 41.8 Å². The number of sulfone groups is 1. The van der Waals surface area contributed by atoms with Crippen molar-refractivity contribution in [3.05, 3.63) is 59.2 Å². The van der Waals surface area contributed by atoms with Crippen molar-refractivity contribution in [3.8, 4) is 0 Å². The van der Waals surface area contributed by atoms with Gasteiger partial charge in [0.2, 0.25) is 0 Å². The zero-order valence-electron chi connectivity index (χ0n) is 16.6. The standard InChI is InChI=1S/C21H25N3O3S.2ClH/c22-19-7-2-8-20-18(19)6-3-9-24(20)21(25)17-5-1-4-16(14-17)15-23-10-12-28(26,27)13-11-23;;/h1-2,4-5,7-8,14H,3,6,9-13,15,22H2;2*1H. The Morgan fingerprint density at radius 1 is 1.00 bits per heavy atom. The summed E-state index contributed by atoms with van der Waals surface area (Å²) in [7, 11) is -2.89. The van der Waals surface area contributed by atoms with E-state index in [2.05, 4.69) is 4.90 Å². The van der Waals surface area contributed by atoms with Crippen molar-refractivity contribution in [1.82, 2.24) is 4.90 Å². The van der Waals surface area contributed by atoms with Gasteiger partial charge in [-0.1, -0.05) is 18.2 Å². The van der Waals surface area contributed by atoms with Gasteiger partial charge in [-0.2, -0.15) is 0 Å². The number of halogens is 2. The molecule has 2 aromatic carbocycles. The number of nitrogens with zero attached hydrogens (tertiary/aromatic N) is 2. The first-order valence-electron chi connectivity index (χ1n) is 9.64. The van der Waals surface area contributed by atoms with Gasteiger partial charge in [0, 0.05) is 43.1 Å². The Kier molecular flexibility index (Phi) is 8.16. The molecular formula is C21H27Cl2N3O3S. The van der Waals surface area contributed by atoms with Crippen LogP contribution in [0.4, 0.5) is 11.4 Å². The third kappa shape index (κ3) is 5.27. The lowest BCUT2D eigenvalue weighted by molar-refractivity contribution is 0.0985. The van der Waals surface area contributed by atoms with Crippen molar-refractivity contribution in [1.29, 1.82) is 0 Å². The maximum atomic E-state index is 13.2. The van der Waals surface area contributed by atoms with Gasteiger partial charge in [-0.25, -0.2) is 8.42 Å². The number of carbonyl (C=O) groups excluding carboxylic acids is 1. The predicted molar refractivity (Wildman–Crippen MR) is 126 cm³/mol. The van der Waals surface area contributed by atoms with E-state index >= 15 is 0 Å². The molecule has 164 valence electrons. The van der Waals surface area contributed by atoms with Gasteiger partial charge in [-0.3, -0.25) is 9.69 Å². The average Bonchev–Trinajstić information content (AvgIpc) is 2.69. The highest BCUT2D eigenvalue weighted by atomic mass is 35.5. The lowest BCUT2D eigenvalue weighted by atomic mass is 9.98. The van der Waals surface area contributed by atoms with Crippen molar-refractivity contribution < 1.29 is 13.2 Å². The topological polar surface area (TPSA) is 83.7 Å². The van der Waals surface area contributed by atoms with E-state index in [0.29, 0.717) is 31.7 Å². The molecule has 0 atom stereocenters. The van der Waals surface area contributed by atoms with E-state index in [0.717, 1.165) is 35.3 Å². The minimum Gasteiger partial charge on any atom is -0.398 e. The van der Waals surface area contributed by atoms with Crippen LogP contribution in [0, 0.1) is 0 Å². The van der Waals surface area contributed by atoms with Crippen LogP contribution in [-0.2, 0) is 22.8 Å². The van der Waals surface area contributed by atoms with E-state index in [1.165, 1.54) is 0 Å². The zero-order valence-corrected chi connectivity index (χ0v) is 19.1. The summed E-state index contributed by atoms with van der Waals surface area (Å²) in [5, 5.41) is 0. The number of rotatable bonds is 3. The van der Waals surface area contributed by atoms with Crippen molar-refractivity contribution >= 4 is 51.9 Å². The van der Waals surface area contributed by atoms with Gasteiger partial charge in [0.1, 0.15) is 0 Å². The van der Waals surface area contributed by atoms with Gasteiger partial charge >= 0.3 is 0 Å². The zero-order chi connectivity index (χ0) is 19.7. The Bertz CT molecular complexity index is 1000. The summed E-state index contributed by atoms with van der Waals surface area (Å²) >= 11 is 0. The molecule has 0 aromatic heterocycles. The second-order valence-corrected chi connectivity index (χ2v) is 9.84. The number of hydrogen-bond donors (Lipinski definition) is 1. The molecule has 0 bridgehead atoms. The molecule has 9 heteroatoms. The van der Waals surface area contributed by atoms with Gasteiger partial charge < -0.3 is 10.6 Å². The van der Waals surface area contributed by atoms with Gasteiger partial charge in [0.25, 0.3) is 5.91 Å². The molecule has 0 radical (unpaired) electrons. The first-order valence-corrected chi connectivity index (χ1v) is 11.5. The molecule has 30 heavy (non-hydrogen) atoms. The Labute approximate surface area is 190 Å². The molecule has 1 fully saturated rings. The van der Waals surface area contributed by atoms with Crippen LogP contribution in [0.15, 0.2) is 42.5 Å². The highest BCUT2D eigenvalue weighted by Gasteiger charge is 2.25. The molecule has 1 amide bonds. The van der Waals surface area contributed by atoms with E-state index in [4.69, 9.17) is 5.73 Å². The Hall–Kier alpha value is -1.80. The van der Waals surface area contributed by atoms with Gasteiger partial charge in [0.05, 0.1) is 11.5 Å². The highest BCUT2D eigenvalue weighted by molar-refractivity contribution is 7.91. The van der Waals surface area contributed by atoms with Crippen molar-refractivity contribution in [3.63, 3.8) is 0 Å². The SMILES string of the molecule is Cl.Cl.Nc1cccc2c1CCCN2C(=O)c1cccc(CN2CCS(=O)(=O)CC2)c1. The van der Waals surface area contributed by atoms with Crippen LogP contribution in [0.1, 0.15) is 27.9 Å². The Morgan fingerprint density at radius 3 is 2.43 bits per heavy atom. The van der Waals surface area contributed by atoms with E-state index in [-0.39, 0.29) is 42.2 Å². The summed E-state index contributed by atoms with van der Waals surface area (Å²) in [6.07, 6.45) is 1.79. The fraction of sp³-hybridized carbons (Fsp3) is 0.381. The summed E-state index contributed by atoms with van der Waals surface area (Å²) in [6, 6.07) is 13.4. The maximum Gasteiger partial charge on any atom is 0.258 e. The Morgan fingerprint density at radius 2 is 1.70 bits per heavy atom. The third-order valence-corrected chi connectivity index (χ3v) is 7.16. The first kappa shape index (κ1) is 24.5. The number of nitrogen functional groups attached to an aromatic ring is 1. The lowest BCUT2D eigenvalue weighted by Crippen LogP contribution is -2.39. The Balaban J connectivity index is 0.00000160. The summed E-state index contributed by atoms with van der Waals surface area (Å²) in [5.41, 5.74) is 10.5. The molecule has 2 aliphatic rings. The minimum atomic E-state index is -2.89. The number of carbonyl (C=O) groups is 1. The summed E-state index contributed by atoms with van der Waals surface area (Å²) < 4.78 is 23.2. The molecule has 2 N–H and O–H groups in total. The lowest BCUT2D eigenvalue weighted by Gasteiger charge is -2.30. The molecule has 2 aliphatic heterocycles. The van der Waals surface area contributed by atoms with Crippen LogP contribution >= 0.6 is 24.8 Å². The average molecular weight is 472 g/mol. The normalized spacial score (nSPS) is 17.9. The first-order chi connectivity index (χ1) is 13.4. The molecule has 1 saturated heterocycles. The molecule has 0 unspecified atom stereocenters. The molecule has 0 saturated carbocycles. The van der Waals surface area contributed by atoms with Gasteiger partial charge in [-0.05, 0) is 48.2 Å². The molecule has 4 rings (SSSR count). The van der Waals surface area contributed by atoms with Crippen molar-refractivity contribution in [2.45, 2.75) is 19.4 Å². The highest BCUT2D eigenvalue weighted by Crippen LogP contribution is 2.32. The van der Waals surface area contributed by atoms with E-state index in [9.17, 15) is 13.2 Å². The molecular weight excluding hydrogens is 445 g/mol. The molecule has 0 spiro atoms. The summed E-state index contributed by atoms with van der Waals surface area (Å²) in [6.45, 7) is 2.42. The quantitative estimate of drug-likeness (QED) is 0.695. The van der Waals surface area contributed by atoms with Crippen LogP contribution in [0.5, 0.6) is 0 Å². The maximum absolute atomic E-state index is 13.2. The van der Waals surface area contributed by atoms with Gasteiger partial charge in [-0.15, -0.1) is 24.8 Å². The summed E-state index contributed by atoms with van der Waals surface area (Å²) in [4.78, 5) is 17.1. The fourth-order valence-electron chi connectivity index (χ4n) is 3.99. The monoisotopic (exact) mass is 471 g/mol. The van der Waals surface area contributed by atoms with E-state index in [1.54, 1.807) is 0 Å². The fourth-order valence-corrected chi connectivity index (χ4v) is 5.26. The van der Waals surface area contributed by atoms with Crippen molar-refractivity contribution in [2.24, 2.45) is 0 Å². The second-order valence-electron chi connectivity index (χ2n) is 7.53. The largest absolute Gasteiger partial charge is 0.398 e. The number of anilines is 2. The number of amides is 1. The minimum absolute atomic E-state index is 0. The molecule has 2 aromatic rings. The van der Waals surface area contributed by atoms with Crippen LogP contribution in [-0.4, -0.2) is 50.4 Å². The van der Waals surface area contributed by atoms with Crippen LogP contribution in [0.3, 0.4) is 0 Å². The number of hydrogen-bond acceptors (Lipinski definition) is 5. The summed E-state index contributed by atoms with van der Waals surface area (Å²) in [5.74, 6) is 0.393. The van der Waals surface area contributed by atoms with E-state index < -0.39 is 9.84 Å². The smallest absolute Gasteiger partial charge is 0.258 e. The number of benzene rings is 2. The van der Waals surface area contributed by atoms with Crippen LogP contribution in [0.2, 0.25) is 0 Å². The molecule has 2 heterocycles. The molecule has 6 nitrogen and oxygen atoms in total. The number of nitrogens with two attached hydrogens (primary N) is 1. The van der Waals surface area contributed by atoms with Crippen LogP contribution < -0.4 is 10.6 Å².